The normalized spacial score (nSPS) is 14.3. The van der Waals surface area contributed by atoms with Gasteiger partial charge in [-0.25, -0.2) is 24.3 Å². The Kier molecular flexibility index (Phi) is 4.55. The van der Waals surface area contributed by atoms with Gasteiger partial charge in [0.2, 0.25) is 5.95 Å². The van der Waals surface area contributed by atoms with Crippen molar-refractivity contribution in [3.05, 3.63) is 60.9 Å². The van der Waals surface area contributed by atoms with Crippen LogP contribution in [0.2, 0.25) is 0 Å². The van der Waals surface area contributed by atoms with E-state index in [1.54, 1.807) is 24.5 Å². The Morgan fingerprint density at radius 2 is 1.54 bits per heavy atom. The molecule has 0 radical (unpaired) electrons. The number of rotatable bonds is 4. The van der Waals surface area contributed by atoms with Crippen molar-refractivity contribution in [1.29, 1.82) is 0 Å². The summed E-state index contributed by atoms with van der Waals surface area (Å²) in [5.41, 5.74) is 0.780. The van der Waals surface area contributed by atoms with Gasteiger partial charge in [0, 0.05) is 50.3 Å². The molecule has 0 bridgehead atoms. The van der Waals surface area contributed by atoms with Crippen molar-refractivity contribution >= 4 is 23.3 Å². The third-order valence-electron chi connectivity index (χ3n) is 4.21. The van der Waals surface area contributed by atoms with Crippen LogP contribution in [-0.4, -0.2) is 46.1 Å². The molecule has 7 nitrogen and oxygen atoms in total. The highest BCUT2D eigenvalue weighted by Crippen LogP contribution is 2.20. The molecule has 1 saturated heterocycles. The van der Waals surface area contributed by atoms with E-state index in [9.17, 15) is 4.39 Å². The Bertz CT molecular complexity index is 849. The summed E-state index contributed by atoms with van der Waals surface area (Å²) in [6.07, 6.45) is 5.05. The van der Waals surface area contributed by atoms with E-state index < -0.39 is 0 Å². The molecule has 3 heterocycles. The fraction of sp³-hybridized carbons (Fsp3) is 0.222. The van der Waals surface area contributed by atoms with Gasteiger partial charge in [-0.2, -0.15) is 0 Å². The zero-order chi connectivity index (χ0) is 17.8. The van der Waals surface area contributed by atoms with Crippen LogP contribution in [0.15, 0.2) is 55.1 Å². The maximum Gasteiger partial charge on any atom is 0.225 e. The second kappa shape index (κ2) is 7.30. The van der Waals surface area contributed by atoms with Crippen molar-refractivity contribution in [1.82, 2.24) is 19.9 Å². The fourth-order valence-electron chi connectivity index (χ4n) is 2.86. The van der Waals surface area contributed by atoms with Crippen LogP contribution in [0.5, 0.6) is 0 Å². The number of aromatic nitrogens is 4. The molecular formula is C18H18FN7. The minimum Gasteiger partial charge on any atom is -0.353 e. The van der Waals surface area contributed by atoms with Gasteiger partial charge in [-0.3, -0.25) is 0 Å². The lowest BCUT2D eigenvalue weighted by Crippen LogP contribution is -2.47. The number of benzene rings is 1. The van der Waals surface area contributed by atoms with Crippen LogP contribution in [0.25, 0.3) is 0 Å². The topological polar surface area (TPSA) is 70.1 Å². The van der Waals surface area contributed by atoms with Gasteiger partial charge < -0.3 is 15.1 Å². The first-order valence-electron chi connectivity index (χ1n) is 8.39. The van der Waals surface area contributed by atoms with Crippen LogP contribution < -0.4 is 15.1 Å². The molecule has 0 spiro atoms. The Morgan fingerprint density at radius 1 is 0.846 bits per heavy atom. The summed E-state index contributed by atoms with van der Waals surface area (Å²) in [5.74, 6) is 2.03. The SMILES string of the molecule is Fc1ccc(Nc2cc(N3CCN(c4ncccn4)CC3)ncn2)cc1. The quantitative estimate of drug-likeness (QED) is 0.774. The monoisotopic (exact) mass is 351 g/mol. The van der Waals surface area contributed by atoms with Gasteiger partial charge in [0.05, 0.1) is 0 Å². The summed E-state index contributed by atoms with van der Waals surface area (Å²) in [6.45, 7) is 3.31. The number of nitrogens with zero attached hydrogens (tertiary/aromatic N) is 6. The zero-order valence-electron chi connectivity index (χ0n) is 14.1. The highest BCUT2D eigenvalue weighted by molar-refractivity contribution is 5.59. The van der Waals surface area contributed by atoms with Crippen molar-refractivity contribution < 1.29 is 4.39 Å². The van der Waals surface area contributed by atoms with Crippen LogP contribution in [0.3, 0.4) is 0 Å². The molecule has 2 aromatic heterocycles. The first kappa shape index (κ1) is 16.2. The summed E-state index contributed by atoms with van der Waals surface area (Å²) in [7, 11) is 0. The number of piperazine rings is 1. The lowest BCUT2D eigenvalue weighted by atomic mass is 10.3. The molecule has 1 aliphatic heterocycles. The van der Waals surface area contributed by atoms with Crippen LogP contribution in [0, 0.1) is 5.82 Å². The molecular weight excluding hydrogens is 333 g/mol. The fourth-order valence-corrected chi connectivity index (χ4v) is 2.86. The molecule has 1 aliphatic rings. The Hall–Kier alpha value is -3.29. The molecule has 4 rings (SSSR count). The van der Waals surface area contributed by atoms with E-state index in [0.717, 1.165) is 43.6 Å². The van der Waals surface area contributed by atoms with Gasteiger partial charge in [0.25, 0.3) is 0 Å². The number of halogens is 1. The summed E-state index contributed by atoms with van der Waals surface area (Å²) in [4.78, 5) is 21.6. The van der Waals surface area contributed by atoms with Gasteiger partial charge in [0.1, 0.15) is 23.8 Å². The highest BCUT2D eigenvalue weighted by atomic mass is 19.1. The van der Waals surface area contributed by atoms with Crippen molar-refractivity contribution in [2.75, 3.05) is 41.3 Å². The van der Waals surface area contributed by atoms with E-state index in [2.05, 4.69) is 35.1 Å². The molecule has 8 heteroatoms. The number of hydrogen-bond donors (Lipinski definition) is 1. The second-order valence-electron chi connectivity index (χ2n) is 5.92. The predicted molar refractivity (Wildman–Crippen MR) is 98.2 cm³/mol. The molecule has 0 aliphatic carbocycles. The molecule has 26 heavy (non-hydrogen) atoms. The largest absolute Gasteiger partial charge is 0.353 e. The lowest BCUT2D eigenvalue weighted by Gasteiger charge is -2.35. The minimum atomic E-state index is -0.265. The van der Waals surface area contributed by atoms with Crippen LogP contribution >= 0.6 is 0 Å². The van der Waals surface area contributed by atoms with Crippen molar-refractivity contribution in [2.45, 2.75) is 0 Å². The molecule has 1 N–H and O–H groups in total. The first-order chi connectivity index (χ1) is 12.8. The smallest absolute Gasteiger partial charge is 0.225 e. The van der Waals surface area contributed by atoms with Crippen LogP contribution in [0.4, 0.5) is 27.7 Å². The Balaban J connectivity index is 1.42. The minimum absolute atomic E-state index is 0.265. The Labute approximate surface area is 150 Å². The van der Waals surface area contributed by atoms with E-state index in [1.165, 1.54) is 18.5 Å². The van der Waals surface area contributed by atoms with E-state index in [-0.39, 0.29) is 5.82 Å². The van der Waals surface area contributed by atoms with E-state index >= 15 is 0 Å². The van der Waals surface area contributed by atoms with Crippen molar-refractivity contribution in [3.8, 4) is 0 Å². The van der Waals surface area contributed by atoms with Gasteiger partial charge >= 0.3 is 0 Å². The molecule has 0 amide bonds. The summed E-state index contributed by atoms with van der Waals surface area (Å²) in [6, 6.07) is 9.89. The third-order valence-corrected chi connectivity index (χ3v) is 4.21. The summed E-state index contributed by atoms with van der Waals surface area (Å²) < 4.78 is 13.0. The molecule has 0 saturated carbocycles. The van der Waals surface area contributed by atoms with Gasteiger partial charge in [-0.15, -0.1) is 0 Å². The van der Waals surface area contributed by atoms with Crippen LogP contribution in [-0.2, 0) is 0 Å². The Morgan fingerprint density at radius 3 is 2.27 bits per heavy atom. The van der Waals surface area contributed by atoms with Crippen molar-refractivity contribution in [3.63, 3.8) is 0 Å². The second-order valence-corrected chi connectivity index (χ2v) is 5.92. The van der Waals surface area contributed by atoms with Gasteiger partial charge in [-0.05, 0) is 30.3 Å². The summed E-state index contributed by atoms with van der Waals surface area (Å²) in [5, 5.41) is 3.17. The molecule has 1 aromatic carbocycles. The van der Waals surface area contributed by atoms with E-state index in [0.29, 0.717) is 5.82 Å². The molecule has 132 valence electrons. The molecule has 0 atom stereocenters. The van der Waals surface area contributed by atoms with Crippen LogP contribution in [0.1, 0.15) is 0 Å². The summed E-state index contributed by atoms with van der Waals surface area (Å²) >= 11 is 0. The average molecular weight is 351 g/mol. The molecule has 1 fully saturated rings. The third kappa shape index (κ3) is 3.69. The van der Waals surface area contributed by atoms with Crippen molar-refractivity contribution in [2.24, 2.45) is 0 Å². The standard InChI is InChI=1S/C18H18FN7/c19-14-2-4-15(5-3-14)24-16-12-17(23-13-22-16)25-8-10-26(11-9-25)18-20-6-1-7-21-18/h1-7,12-13H,8-11H2,(H,22,23,24). The maximum absolute atomic E-state index is 13.0. The highest BCUT2D eigenvalue weighted by Gasteiger charge is 2.20. The first-order valence-corrected chi connectivity index (χ1v) is 8.39. The predicted octanol–water partition coefficient (Wildman–Crippen LogP) is 2.48. The van der Waals surface area contributed by atoms with Gasteiger partial charge in [-0.1, -0.05) is 0 Å². The zero-order valence-corrected chi connectivity index (χ0v) is 14.1. The number of hydrogen-bond acceptors (Lipinski definition) is 7. The maximum atomic E-state index is 13.0. The number of nitrogens with one attached hydrogen (secondary N) is 1. The molecule has 0 unspecified atom stereocenters. The average Bonchev–Trinajstić information content (AvgIpc) is 2.71. The number of anilines is 4. The lowest BCUT2D eigenvalue weighted by molar-refractivity contribution is 0.628. The van der Waals surface area contributed by atoms with Gasteiger partial charge in [0.15, 0.2) is 0 Å². The van der Waals surface area contributed by atoms with E-state index in [1.807, 2.05) is 12.1 Å². The van der Waals surface area contributed by atoms with E-state index in [4.69, 9.17) is 0 Å². The molecule has 3 aromatic rings.